The lowest BCUT2D eigenvalue weighted by molar-refractivity contribution is -0.143. The highest BCUT2D eigenvalue weighted by molar-refractivity contribution is 9.10. The Morgan fingerprint density at radius 2 is 2.25 bits per heavy atom. The maximum absolute atomic E-state index is 11.4. The van der Waals surface area contributed by atoms with Crippen LogP contribution in [0.15, 0.2) is 4.47 Å². The molecule has 5 nitrogen and oxygen atoms in total. The van der Waals surface area contributed by atoms with Gasteiger partial charge in [-0.25, -0.2) is 0 Å². The van der Waals surface area contributed by atoms with Crippen LogP contribution >= 0.6 is 15.9 Å². The summed E-state index contributed by atoms with van der Waals surface area (Å²) in [6.45, 7) is 4.33. The molecule has 0 amide bonds. The summed E-state index contributed by atoms with van der Waals surface area (Å²) in [6, 6.07) is -0.380. The van der Waals surface area contributed by atoms with Crippen molar-refractivity contribution in [3.63, 3.8) is 0 Å². The Morgan fingerprint density at radius 1 is 1.62 bits per heavy atom. The normalized spacial score (nSPS) is 12.6. The molecule has 0 spiro atoms. The number of hydrogen-bond acceptors (Lipinski definition) is 4. The first-order valence-electron chi connectivity index (χ1n) is 4.95. The molecule has 0 bridgehead atoms. The van der Waals surface area contributed by atoms with Crippen LogP contribution in [0.5, 0.6) is 0 Å². The topological polar surface area (TPSA) is 56.2 Å². The van der Waals surface area contributed by atoms with Gasteiger partial charge in [0.25, 0.3) is 0 Å². The molecule has 90 valence electrons. The summed E-state index contributed by atoms with van der Waals surface area (Å²) in [7, 11) is 3.10. The van der Waals surface area contributed by atoms with Gasteiger partial charge in [0.15, 0.2) is 0 Å². The van der Waals surface area contributed by atoms with Crippen molar-refractivity contribution in [1.29, 1.82) is 0 Å². The van der Waals surface area contributed by atoms with E-state index in [-0.39, 0.29) is 12.0 Å². The highest BCUT2D eigenvalue weighted by atomic mass is 79.9. The molecule has 1 aromatic rings. The van der Waals surface area contributed by atoms with Gasteiger partial charge in [0.05, 0.1) is 23.8 Å². The van der Waals surface area contributed by atoms with Crippen molar-refractivity contribution >= 4 is 21.9 Å². The molecule has 0 aliphatic carbocycles. The Morgan fingerprint density at radius 3 is 2.62 bits per heavy atom. The fraction of sp³-hybridized carbons (Fsp3) is 0.600. The van der Waals surface area contributed by atoms with Crippen LogP contribution in [0, 0.1) is 13.8 Å². The number of aryl methyl sites for hydroxylation is 1. The van der Waals surface area contributed by atoms with Crippen LogP contribution in [0.4, 0.5) is 0 Å². The molecule has 0 aromatic carbocycles. The van der Waals surface area contributed by atoms with Gasteiger partial charge in [0.1, 0.15) is 6.04 Å². The molecule has 1 rings (SSSR count). The number of esters is 1. The summed E-state index contributed by atoms with van der Waals surface area (Å²) < 4.78 is 7.47. The summed E-state index contributed by atoms with van der Waals surface area (Å²) in [5.41, 5.74) is 1.92. The van der Waals surface area contributed by atoms with Crippen molar-refractivity contribution < 1.29 is 9.53 Å². The van der Waals surface area contributed by atoms with Crippen LogP contribution < -0.4 is 5.32 Å². The second-order valence-electron chi connectivity index (χ2n) is 3.53. The van der Waals surface area contributed by atoms with Gasteiger partial charge < -0.3 is 10.1 Å². The molecule has 1 unspecified atom stereocenters. The van der Waals surface area contributed by atoms with Gasteiger partial charge in [-0.05, 0) is 36.8 Å². The molecule has 0 aliphatic rings. The van der Waals surface area contributed by atoms with Gasteiger partial charge in [0.2, 0.25) is 0 Å². The van der Waals surface area contributed by atoms with E-state index in [0.717, 1.165) is 15.9 Å². The highest BCUT2D eigenvalue weighted by Gasteiger charge is 2.19. The maximum atomic E-state index is 11.4. The van der Waals surface area contributed by atoms with Crippen molar-refractivity contribution in [2.75, 3.05) is 14.2 Å². The standard InChI is InChI=1S/C10H16BrN3O2/c1-6-9(11)7(2)14(13-6)5-8(12-3)10(15)16-4/h8,12H,5H2,1-4H3. The third-order valence-electron chi connectivity index (χ3n) is 2.48. The van der Waals surface area contributed by atoms with E-state index in [2.05, 4.69) is 26.3 Å². The van der Waals surface area contributed by atoms with Crippen LogP contribution in [0.25, 0.3) is 0 Å². The SMILES string of the molecule is CNC(Cn1nc(C)c(Br)c1C)C(=O)OC. The second-order valence-corrected chi connectivity index (χ2v) is 4.32. The Hall–Kier alpha value is -0.880. The van der Waals surface area contributed by atoms with Crippen molar-refractivity contribution in [2.45, 2.75) is 26.4 Å². The van der Waals surface area contributed by atoms with E-state index in [0.29, 0.717) is 6.54 Å². The molecule has 0 fully saturated rings. The molecule has 0 aliphatic heterocycles. The fourth-order valence-electron chi connectivity index (χ4n) is 1.45. The van der Waals surface area contributed by atoms with E-state index in [1.807, 2.05) is 13.8 Å². The van der Waals surface area contributed by atoms with E-state index in [1.54, 1.807) is 11.7 Å². The summed E-state index contributed by atoms with van der Waals surface area (Å²) in [4.78, 5) is 11.4. The van der Waals surface area contributed by atoms with E-state index in [9.17, 15) is 4.79 Å². The van der Waals surface area contributed by atoms with Gasteiger partial charge in [-0.2, -0.15) is 5.10 Å². The van der Waals surface area contributed by atoms with E-state index in [4.69, 9.17) is 4.74 Å². The van der Waals surface area contributed by atoms with Gasteiger partial charge in [0, 0.05) is 5.69 Å². The van der Waals surface area contributed by atoms with E-state index < -0.39 is 0 Å². The molecular weight excluding hydrogens is 274 g/mol. The van der Waals surface area contributed by atoms with Crippen LogP contribution in [0.1, 0.15) is 11.4 Å². The van der Waals surface area contributed by atoms with E-state index in [1.165, 1.54) is 7.11 Å². The number of carbonyl (C=O) groups excluding carboxylic acids is 1. The molecule has 6 heteroatoms. The lowest BCUT2D eigenvalue weighted by Gasteiger charge is -2.14. The van der Waals surface area contributed by atoms with Crippen LogP contribution in [0.2, 0.25) is 0 Å². The number of aromatic nitrogens is 2. The van der Waals surface area contributed by atoms with E-state index >= 15 is 0 Å². The van der Waals surface area contributed by atoms with Crippen LogP contribution in [0.3, 0.4) is 0 Å². The van der Waals surface area contributed by atoms with Gasteiger partial charge >= 0.3 is 5.97 Å². The number of methoxy groups -OCH3 is 1. The third-order valence-corrected chi connectivity index (χ3v) is 3.63. The fourth-order valence-corrected chi connectivity index (χ4v) is 1.74. The summed E-state index contributed by atoms with van der Waals surface area (Å²) in [6.07, 6.45) is 0. The van der Waals surface area contributed by atoms with Crippen molar-refractivity contribution in [3.05, 3.63) is 15.9 Å². The van der Waals surface area contributed by atoms with Crippen LogP contribution in [-0.4, -0.2) is 35.9 Å². The summed E-state index contributed by atoms with van der Waals surface area (Å²) >= 11 is 3.45. The average Bonchev–Trinajstić information content (AvgIpc) is 2.52. The summed E-state index contributed by atoms with van der Waals surface area (Å²) in [5, 5.41) is 7.24. The molecule has 0 saturated carbocycles. The molecule has 1 N–H and O–H groups in total. The average molecular weight is 290 g/mol. The maximum Gasteiger partial charge on any atom is 0.324 e. The van der Waals surface area contributed by atoms with Gasteiger partial charge in [-0.1, -0.05) is 0 Å². The molecule has 16 heavy (non-hydrogen) atoms. The smallest absolute Gasteiger partial charge is 0.324 e. The zero-order chi connectivity index (χ0) is 12.3. The van der Waals surface area contributed by atoms with Crippen molar-refractivity contribution in [2.24, 2.45) is 0 Å². The van der Waals surface area contributed by atoms with Crippen LogP contribution in [-0.2, 0) is 16.1 Å². The number of halogens is 1. The number of likely N-dealkylation sites (N-methyl/N-ethyl adjacent to an activating group) is 1. The molecule has 1 aromatic heterocycles. The third kappa shape index (κ3) is 2.62. The molecule has 1 heterocycles. The predicted octanol–water partition coefficient (Wildman–Crippen LogP) is 1.02. The second kappa shape index (κ2) is 5.45. The Balaban J connectivity index is 2.86. The first-order valence-corrected chi connectivity index (χ1v) is 5.75. The molecular formula is C10H16BrN3O2. The lowest BCUT2D eigenvalue weighted by atomic mass is 10.3. The minimum atomic E-state index is -0.380. The number of carbonyl (C=O) groups is 1. The minimum Gasteiger partial charge on any atom is -0.468 e. The summed E-state index contributed by atoms with van der Waals surface area (Å²) in [5.74, 6) is -0.286. The predicted molar refractivity (Wildman–Crippen MR) is 64.3 cm³/mol. The lowest BCUT2D eigenvalue weighted by Crippen LogP contribution is -2.39. The monoisotopic (exact) mass is 289 g/mol. The molecule has 0 saturated heterocycles. The first kappa shape index (κ1) is 13.2. The zero-order valence-electron chi connectivity index (χ0n) is 9.87. The zero-order valence-corrected chi connectivity index (χ0v) is 11.5. The quantitative estimate of drug-likeness (QED) is 0.841. The number of rotatable bonds is 4. The number of hydrogen-bond donors (Lipinski definition) is 1. The number of nitrogens with one attached hydrogen (secondary N) is 1. The van der Waals surface area contributed by atoms with Gasteiger partial charge in [-0.15, -0.1) is 0 Å². The molecule has 0 radical (unpaired) electrons. The first-order chi connectivity index (χ1) is 7.51. The Labute approximate surface area is 103 Å². The van der Waals surface area contributed by atoms with Crippen molar-refractivity contribution in [1.82, 2.24) is 15.1 Å². The van der Waals surface area contributed by atoms with Crippen molar-refractivity contribution in [3.8, 4) is 0 Å². The highest BCUT2D eigenvalue weighted by Crippen LogP contribution is 2.19. The molecule has 1 atom stereocenters. The minimum absolute atomic E-state index is 0.286. The number of nitrogens with zero attached hydrogens (tertiary/aromatic N) is 2. The Kier molecular flexibility index (Phi) is 4.49. The largest absolute Gasteiger partial charge is 0.468 e. The van der Waals surface area contributed by atoms with Gasteiger partial charge in [-0.3, -0.25) is 9.48 Å². The Bertz CT molecular complexity index is 390. The number of ether oxygens (including phenoxy) is 1.